The van der Waals surface area contributed by atoms with E-state index in [1.54, 1.807) is 26.0 Å². The fourth-order valence-corrected chi connectivity index (χ4v) is 4.27. The van der Waals surface area contributed by atoms with Crippen LogP contribution in [0.25, 0.3) is 0 Å². The fraction of sp³-hybridized carbons (Fsp3) is 0.556. The molecule has 2 N–H and O–H groups in total. The van der Waals surface area contributed by atoms with Gasteiger partial charge in [-0.2, -0.15) is 0 Å². The molecule has 8 heteroatoms. The van der Waals surface area contributed by atoms with E-state index >= 15 is 0 Å². The van der Waals surface area contributed by atoms with Gasteiger partial charge in [0.2, 0.25) is 0 Å². The summed E-state index contributed by atoms with van der Waals surface area (Å²) in [6.45, 7) is 4.08. The predicted molar refractivity (Wildman–Crippen MR) is 95.8 cm³/mol. The van der Waals surface area contributed by atoms with Crippen LogP contribution in [0.5, 0.6) is 0 Å². The first kappa shape index (κ1) is 20.4. The summed E-state index contributed by atoms with van der Waals surface area (Å²) in [4.78, 5) is 24.1. The Bertz CT molecular complexity index is 753. The smallest absolute Gasteiger partial charge is 0.308 e. The highest BCUT2D eigenvalue weighted by Crippen LogP contribution is 2.24. The van der Waals surface area contributed by atoms with Crippen molar-refractivity contribution in [3.8, 4) is 0 Å². The molecule has 1 aliphatic rings. The van der Waals surface area contributed by atoms with Crippen LogP contribution in [-0.2, 0) is 19.4 Å². The van der Waals surface area contributed by atoms with Gasteiger partial charge in [-0.15, -0.1) is 0 Å². The molecule has 0 radical (unpaired) electrons. The normalized spacial score (nSPS) is 17.0. The van der Waals surface area contributed by atoms with E-state index in [-0.39, 0.29) is 22.9 Å². The molecule has 0 saturated carbocycles. The summed E-state index contributed by atoms with van der Waals surface area (Å²) in [6.07, 6.45) is 1.26. The van der Waals surface area contributed by atoms with E-state index in [1.165, 1.54) is 12.1 Å². The topological polar surface area (TPSA) is 110 Å². The van der Waals surface area contributed by atoms with Gasteiger partial charge in [-0.25, -0.2) is 8.42 Å². The maximum atomic E-state index is 12.6. The number of carbonyl (C=O) groups is 2. The van der Waals surface area contributed by atoms with E-state index in [0.29, 0.717) is 26.1 Å². The van der Waals surface area contributed by atoms with Crippen molar-refractivity contribution in [3.63, 3.8) is 0 Å². The summed E-state index contributed by atoms with van der Waals surface area (Å²) in [7, 11) is -3.62. The first-order valence-electron chi connectivity index (χ1n) is 8.66. The van der Waals surface area contributed by atoms with Crippen LogP contribution in [0.3, 0.4) is 0 Å². The van der Waals surface area contributed by atoms with Crippen LogP contribution in [-0.4, -0.2) is 50.4 Å². The molecule has 1 atom stereocenters. The van der Waals surface area contributed by atoms with Crippen LogP contribution in [0, 0.1) is 11.8 Å². The summed E-state index contributed by atoms with van der Waals surface area (Å²) in [5.41, 5.74) is 0.0392. The standard InChI is InChI=1S/C18H25NO6S/c1-12(2)26(23,24)16-6-4-3-5-14(16)17(20)19-11-15(18(21)22)13-7-9-25-10-8-13/h3-6,12-13,15H,7-11H2,1-2H3,(H,19,20)(H,21,22). The SMILES string of the molecule is CC(C)S(=O)(=O)c1ccccc1C(=O)NCC(C(=O)O)C1CCOCC1. The van der Waals surface area contributed by atoms with Crippen molar-refractivity contribution in [2.75, 3.05) is 19.8 Å². The number of rotatable bonds is 7. The number of nitrogens with one attached hydrogen (secondary N) is 1. The first-order chi connectivity index (χ1) is 12.2. The number of ether oxygens (including phenoxy) is 1. The number of carboxylic acid groups (broad SMARTS) is 1. The van der Waals surface area contributed by atoms with Gasteiger partial charge in [0.1, 0.15) is 0 Å². The fourth-order valence-electron chi connectivity index (χ4n) is 3.03. The molecule has 26 heavy (non-hydrogen) atoms. The largest absolute Gasteiger partial charge is 0.481 e. The molecule has 1 aromatic carbocycles. The lowest BCUT2D eigenvalue weighted by atomic mass is 9.86. The highest BCUT2D eigenvalue weighted by Gasteiger charge is 2.31. The summed E-state index contributed by atoms with van der Waals surface area (Å²) in [6, 6.07) is 5.99. The van der Waals surface area contributed by atoms with Crippen molar-refractivity contribution >= 4 is 21.7 Å². The highest BCUT2D eigenvalue weighted by molar-refractivity contribution is 7.92. The molecule has 1 amide bonds. The number of hydrogen-bond donors (Lipinski definition) is 2. The average molecular weight is 383 g/mol. The molecule has 7 nitrogen and oxygen atoms in total. The Hall–Kier alpha value is -1.93. The van der Waals surface area contributed by atoms with E-state index < -0.39 is 32.9 Å². The van der Waals surface area contributed by atoms with Crippen molar-refractivity contribution in [1.82, 2.24) is 5.32 Å². The van der Waals surface area contributed by atoms with Gasteiger partial charge < -0.3 is 15.2 Å². The molecule has 1 fully saturated rings. The second kappa shape index (κ2) is 8.64. The molecule has 0 bridgehead atoms. The van der Waals surface area contributed by atoms with Gasteiger partial charge in [0.05, 0.1) is 21.6 Å². The predicted octanol–water partition coefficient (Wildman–Crippen LogP) is 1.73. The molecule has 0 aliphatic carbocycles. The Morgan fingerprint density at radius 2 is 1.85 bits per heavy atom. The second-order valence-electron chi connectivity index (χ2n) is 6.69. The third-order valence-electron chi connectivity index (χ3n) is 4.69. The van der Waals surface area contributed by atoms with Crippen molar-refractivity contribution in [2.24, 2.45) is 11.8 Å². The van der Waals surface area contributed by atoms with Crippen LogP contribution in [0.4, 0.5) is 0 Å². The molecule has 0 aromatic heterocycles. The van der Waals surface area contributed by atoms with Crippen LogP contribution < -0.4 is 5.32 Å². The Morgan fingerprint density at radius 1 is 1.23 bits per heavy atom. The zero-order valence-electron chi connectivity index (χ0n) is 15.0. The minimum Gasteiger partial charge on any atom is -0.481 e. The summed E-state index contributed by atoms with van der Waals surface area (Å²) in [5, 5.41) is 11.4. The van der Waals surface area contributed by atoms with Crippen LogP contribution in [0.15, 0.2) is 29.2 Å². The van der Waals surface area contributed by atoms with E-state index in [0.717, 1.165) is 0 Å². The quantitative estimate of drug-likeness (QED) is 0.742. The van der Waals surface area contributed by atoms with Gasteiger partial charge in [-0.3, -0.25) is 9.59 Å². The zero-order valence-corrected chi connectivity index (χ0v) is 15.8. The van der Waals surface area contributed by atoms with E-state index in [1.807, 2.05) is 0 Å². The third kappa shape index (κ3) is 4.62. The number of amides is 1. The van der Waals surface area contributed by atoms with Gasteiger partial charge >= 0.3 is 5.97 Å². The molecular formula is C18H25NO6S. The number of aliphatic carboxylic acids is 1. The Balaban J connectivity index is 2.16. The van der Waals surface area contributed by atoms with Crippen molar-refractivity contribution in [1.29, 1.82) is 0 Å². The number of hydrogen-bond acceptors (Lipinski definition) is 5. The molecule has 2 rings (SSSR count). The molecule has 1 aromatic rings. The van der Waals surface area contributed by atoms with Crippen LogP contribution in [0.1, 0.15) is 37.0 Å². The van der Waals surface area contributed by atoms with Crippen LogP contribution >= 0.6 is 0 Å². The molecule has 1 saturated heterocycles. The van der Waals surface area contributed by atoms with Gasteiger partial charge in [0.15, 0.2) is 9.84 Å². The Labute approximate surface area is 153 Å². The maximum Gasteiger partial charge on any atom is 0.308 e. The molecule has 1 aliphatic heterocycles. The Morgan fingerprint density at radius 3 is 2.42 bits per heavy atom. The summed E-state index contributed by atoms with van der Waals surface area (Å²) < 4.78 is 30.2. The van der Waals surface area contributed by atoms with Crippen LogP contribution in [0.2, 0.25) is 0 Å². The number of carboxylic acids is 1. The molecule has 0 spiro atoms. The van der Waals surface area contributed by atoms with Gasteiger partial charge in [-0.05, 0) is 44.7 Å². The second-order valence-corrected chi connectivity index (χ2v) is 9.17. The molecule has 144 valence electrons. The monoisotopic (exact) mass is 383 g/mol. The maximum absolute atomic E-state index is 12.6. The highest BCUT2D eigenvalue weighted by atomic mass is 32.2. The lowest BCUT2D eigenvalue weighted by molar-refractivity contribution is -0.144. The molecule has 1 heterocycles. The lowest BCUT2D eigenvalue weighted by Gasteiger charge is -2.27. The van der Waals surface area contributed by atoms with Crippen molar-refractivity contribution < 1.29 is 27.9 Å². The van der Waals surface area contributed by atoms with E-state index in [9.17, 15) is 23.1 Å². The van der Waals surface area contributed by atoms with Crippen molar-refractivity contribution in [3.05, 3.63) is 29.8 Å². The van der Waals surface area contributed by atoms with E-state index in [4.69, 9.17) is 4.74 Å². The van der Waals surface area contributed by atoms with E-state index in [2.05, 4.69) is 5.32 Å². The number of carbonyl (C=O) groups excluding carboxylic acids is 1. The lowest BCUT2D eigenvalue weighted by Crippen LogP contribution is -2.39. The third-order valence-corrected chi connectivity index (χ3v) is 6.90. The Kier molecular flexibility index (Phi) is 6.77. The molecular weight excluding hydrogens is 358 g/mol. The number of benzene rings is 1. The number of sulfone groups is 1. The van der Waals surface area contributed by atoms with Gasteiger partial charge in [-0.1, -0.05) is 12.1 Å². The molecule has 1 unspecified atom stereocenters. The summed E-state index contributed by atoms with van der Waals surface area (Å²) >= 11 is 0. The van der Waals surface area contributed by atoms with Gasteiger partial charge in [0, 0.05) is 19.8 Å². The minimum atomic E-state index is -3.62. The first-order valence-corrected chi connectivity index (χ1v) is 10.2. The zero-order chi connectivity index (χ0) is 19.3. The average Bonchev–Trinajstić information content (AvgIpc) is 2.62. The van der Waals surface area contributed by atoms with Gasteiger partial charge in [0.25, 0.3) is 5.91 Å². The minimum absolute atomic E-state index is 0.0366. The summed E-state index contributed by atoms with van der Waals surface area (Å²) in [5.74, 6) is -2.35. The van der Waals surface area contributed by atoms with Crippen molar-refractivity contribution in [2.45, 2.75) is 36.8 Å².